The monoisotopic (exact) mass is 836 g/mol. The topological polar surface area (TPSA) is 39.9 Å². The number of rotatable bonds is 7. The van der Waals surface area contributed by atoms with Crippen LogP contribution in [0.25, 0.3) is 72.7 Å². The molecule has 4 heteroatoms. The van der Waals surface area contributed by atoms with Crippen LogP contribution in [0.5, 0.6) is 5.75 Å². The van der Waals surface area contributed by atoms with Crippen molar-refractivity contribution in [3.63, 3.8) is 0 Å². The number of nitrogens with zero attached hydrogens (tertiary/aromatic N) is 3. The molecule has 8 aromatic rings. The summed E-state index contributed by atoms with van der Waals surface area (Å²) >= 11 is 0. The predicted octanol–water partition coefficient (Wildman–Crippen LogP) is 15.9. The summed E-state index contributed by atoms with van der Waals surface area (Å²) in [4.78, 5) is 10.4. The normalized spacial score (nSPS) is 14.1. The molecule has 8 rings (SSSR count). The lowest BCUT2D eigenvalue weighted by Crippen LogP contribution is -2.16. The van der Waals surface area contributed by atoms with E-state index >= 15 is 0 Å². The minimum Gasteiger partial charge on any atom is -0.496 e. The Balaban J connectivity index is 1.38. The number of imidazole rings is 1. The van der Waals surface area contributed by atoms with E-state index in [4.69, 9.17) is 22.9 Å². The maximum absolute atomic E-state index is 9.10. The molecule has 2 aromatic heterocycles. The lowest BCUT2D eigenvalue weighted by atomic mass is 9.79. The quantitative estimate of drug-likeness (QED) is 0.161. The van der Waals surface area contributed by atoms with E-state index in [0.717, 1.165) is 72.4 Å². The fourth-order valence-electron chi connectivity index (χ4n) is 8.51. The first-order chi connectivity index (χ1) is 32.1. The highest BCUT2D eigenvalue weighted by atomic mass is 16.5. The predicted molar refractivity (Wildman–Crippen MR) is 268 cm³/mol. The van der Waals surface area contributed by atoms with Crippen LogP contribution in [0.4, 0.5) is 0 Å². The molecule has 0 bridgehead atoms. The zero-order chi connectivity index (χ0) is 50.2. The van der Waals surface area contributed by atoms with E-state index < -0.39 is 13.7 Å². The molecule has 0 radical (unpaired) electrons. The molecule has 0 atom stereocenters. The van der Waals surface area contributed by atoms with Crippen LogP contribution in [0.15, 0.2) is 128 Å². The van der Waals surface area contributed by atoms with Crippen molar-refractivity contribution in [1.82, 2.24) is 14.5 Å². The minimum atomic E-state index is -2.49. The summed E-state index contributed by atoms with van der Waals surface area (Å²) in [6.07, 6.45) is 1.79. The van der Waals surface area contributed by atoms with Crippen LogP contribution in [0.3, 0.4) is 0 Å². The summed E-state index contributed by atoms with van der Waals surface area (Å²) < 4.78 is 59.0. The Morgan fingerprint density at radius 2 is 1.16 bits per heavy atom. The maximum Gasteiger partial charge on any atom is 0.149 e. The van der Waals surface area contributed by atoms with Crippen LogP contribution in [-0.4, -0.2) is 21.6 Å². The molecule has 320 valence electrons. The highest BCUT2D eigenvalue weighted by Crippen LogP contribution is 2.43. The smallest absolute Gasteiger partial charge is 0.149 e. The zero-order valence-electron chi connectivity index (χ0n) is 44.9. The van der Waals surface area contributed by atoms with Gasteiger partial charge in [0.15, 0.2) is 0 Å². The van der Waals surface area contributed by atoms with Crippen molar-refractivity contribution >= 4 is 11.0 Å². The summed E-state index contributed by atoms with van der Waals surface area (Å²) in [6, 6.07) is 40.3. The van der Waals surface area contributed by atoms with Gasteiger partial charge in [0.2, 0.25) is 0 Å². The van der Waals surface area contributed by atoms with Crippen molar-refractivity contribution in [3.05, 3.63) is 166 Å². The number of methoxy groups -OCH3 is 1. The second kappa shape index (κ2) is 16.1. The van der Waals surface area contributed by atoms with Gasteiger partial charge in [-0.2, -0.15) is 0 Å². The molecule has 0 spiro atoms. The van der Waals surface area contributed by atoms with Crippen molar-refractivity contribution in [1.29, 1.82) is 0 Å². The number of pyridine rings is 1. The number of aromatic nitrogens is 3. The van der Waals surface area contributed by atoms with Gasteiger partial charge in [-0.3, -0.25) is 9.55 Å². The average molecular weight is 836 g/mol. The number of benzene rings is 6. The molecule has 0 aliphatic carbocycles. The third kappa shape index (κ3) is 8.61. The van der Waals surface area contributed by atoms with E-state index in [0.29, 0.717) is 28.3 Å². The van der Waals surface area contributed by atoms with Crippen molar-refractivity contribution in [3.8, 4) is 67.5 Å². The van der Waals surface area contributed by atoms with E-state index in [2.05, 4.69) is 117 Å². The van der Waals surface area contributed by atoms with Gasteiger partial charge in [-0.25, -0.2) is 4.98 Å². The van der Waals surface area contributed by atoms with Crippen LogP contribution < -0.4 is 4.74 Å². The summed E-state index contributed by atoms with van der Waals surface area (Å²) in [5, 5.41) is 0. The molecule has 6 aromatic carbocycles. The Bertz CT molecular complexity index is 3210. The van der Waals surface area contributed by atoms with Gasteiger partial charge in [0, 0.05) is 25.5 Å². The summed E-state index contributed by atoms with van der Waals surface area (Å²) in [5.41, 5.74) is 15.3. The van der Waals surface area contributed by atoms with Crippen molar-refractivity contribution < 1.29 is 13.0 Å². The second-order valence-electron chi connectivity index (χ2n) is 20.2. The fourth-order valence-corrected chi connectivity index (χ4v) is 8.51. The van der Waals surface area contributed by atoms with Crippen molar-refractivity contribution in [2.75, 3.05) is 7.11 Å². The first kappa shape index (κ1) is 36.2. The molecule has 0 aliphatic heterocycles. The van der Waals surface area contributed by atoms with Crippen LogP contribution in [0.1, 0.15) is 109 Å². The lowest BCUT2D eigenvalue weighted by molar-refractivity contribution is 0.413. The van der Waals surface area contributed by atoms with Gasteiger partial charge in [-0.1, -0.05) is 141 Å². The van der Waals surface area contributed by atoms with Gasteiger partial charge in [-0.05, 0) is 154 Å². The maximum atomic E-state index is 9.10. The summed E-state index contributed by atoms with van der Waals surface area (Å²) in [6.45, 7) is 19.2. The Hall–Kier alpha value is -6.26. The number of aryl methyl sites for hydroxylation is 4. The Kier molecular flexibility index (Phi) is 9.28. The molecular weight excluding hydrogens is 767 g/mol. The molecule has 2 heterocycles. The first-order valence-electron chi connectivity index (χ1n) is 24.8. The van der Waals surface area contributed by atoms with Gasteiger partial charge in [0.05, 0.1) is 35.1 Å². The molecule has 0 aliphatic rings. The molecule has 0 unspecified atom stereocenters. The van der Waals surface area contributed by atoms with Crippen molar-refractivity contribution in [2.24, 2.45) is 0 Å². The molecule has 0 saturated heterocycles. The first-order valence-corrected chi connectivity index (χ1v) is 21.8. The highest BCUT2D eigenvalue weighted by Gasteiger charge is 2.25. The van der Waals surface area contributed by atoms with Crippen LogP contribution >= 0.6 is 0 Å². The molecule has 0 saturated carbocycles. The largest absolute Gasteiger partial charge is 0.496 e. The number of fused-ring (bicyclic) bond motifs is 1. The Morgan fingerprint density at radius 1 is 0.524 bits per heavy atom. The van der Waals surface area contributed by atoms with Gasteiger partial charge in [0.1, 0.15) is 11.6 Å². The van der Waals surface area contributed by atoms with E-state index in [1.54, 1.807) is 25.4 Å². The Labute approximate surface area is 384 Å². The minimum absolute atomic E-state index is 0.124. The molecule has 0 fully saturated rings. The number of ether oxygens (including phenoxy) is 1. The van der Waals surface area contributed by atoms with E-state index in [1.165, 1.54) is 11.1 Å². The highest BCUT2D eigenvalue weighted by molar-refractivity contribution is 5.97. The third-order valence-corrected chi connectivity index (χ3v) is 12.2. The van der Waals surface area contributed by atoms with E-state index in [9.17, 15) is 0 Å². The SMILES string of the molecule is [2H]C([2H])([2H])c1ccc(-c2ccnc(-c3cc(-c4cccc5c4nc(-c4cc(C)cc(C)c4OC)n5-c4ccc(-c5cc(C(C)(C)C)cc(C(C)(C)C)c5)cc4C([2H])([2H])[2H])cc(C(C)(C)C)c3)c2)cc1. The molecule has 4 nitrogen and oxygen atoms in total. The second-order valence-corrected chi connectivity index (χ2v) is 20.2. The standard InChI is InChI=1S/C59H63N3O/c1-36-18-20-40(21-19-36)42-24-25-60-51(34-42)45-29-44(32-46(33-45)57(5,6)7)49-16-15-17-53-54(49)61-56(50-27-37(2)26-39(4)55(50)63-14)62(53)52-23-22-41(28-38(52)3)43-30-47(58(8,9)10)35-48(31-43)59(11,12)13/h15-35H,1-14H3/i1D3,3D3. The molecule has 0 N–H and O–H groups in total. The van der Waals surface area contributed by atoms with E-state index in [1.807, 2.05) is 73.0 Å². The average Bonchev–Trinajstić information content (AvgIpc) is 3.66. The summed E-state index contributed by atoms with van der Waals surface area (Å²) in [7, 11) is 1.66. The number of hydrogen-bond donors (Lipinski definition) is 0. The number of para-hydroxylation sites is 1. The molecular formula is C59H63N3O. The fraction of sp³-hybridized carbons (Fsp3) is 0.288. The zero-order valence-corrected chi connectivity index (χ0v) is 38.9. The van der Waals surface area contributed by atoms with Crippen LogP contribution in [0, 0.1) is 27.6 Å². The Morgan fingerprint density at radius 3 is 1.81 bits per heavy atom. The van der Waals surface area contributed by atoms with Gasteiger partial charge < -0.3 is 4.74 Å². The van der Waals surface area contributed by atoms with E-state index in [-0.39, 0.29) is 21.8 Å². The van der Waals surface area contributed by atoms with Gasteiger partial charge in [0.25, 0.3) is 0 Å². The third-order valence-electron chi connectivity index (χ3n) is 12.2. The number of hydrogen-bond acceptors (Lipinski definition) is 3. The molecule has 63 heavy (non-hydrogen) atoms. The van der Waals surface area contributed by atoms with Gasteiger partial charge >= 0.3 is 0 Å². The van der Waals surface area contributed by atoms with Crippen molar-refractivity contribution in [2.45, 2.75) is 106 Å². The molecule has 0 amide bonds. The summed E-state index contributed by atoms with van der Waals surface area (Å²) in [5.74, 6) is 1.23. The van der Waals surface area contributed by atoms with Crippen LogP contribution in [0.2, 0.25) is 0 Å². The van der Waals surface area contributed by atoms with Crippen LogP contribution in [-0.2, 0) is 16.2 Å². The van der Waals surface area contributed by atoms with Gasteiger partial charge in [-0.15, -0.1) is 0 Å². The lowest BCUT2D eigenvalue weighted by Gasteiger charge is -2.26.